The lowest BCUT2D eigenvalue weighted by atomic mass is 10.3. The smallest absolute Gasteiger partial charge is 0.373 e. The number of ether oxygens (including phenoxy) is 2. The lowest BCUT2D eigenvalue weighted by Crippen LogP contribution is -2.30. The van der Waals surface area contributed by atoms with Crippen molar-refractivity contribution in [2.45, 2.75) is 12.7 Å². The topological polar surface area (TPSA) is 72.8 Å². The fourth-order valence-electron chi connectivity index (χ4n) is 1.00. The molecular weight excluding hydrogens is 212 g/mol. The highest BCUT2D eigenvalue weighted by molar-refractivity contribution is 5.71. The normalized spacial score (nSPS) is 11.8. The van der Waals surface area contributed by atoms with E-state index in [2.05, 4.69) is 0 Å². The third kappa shape index (κ3) is 4.10. The van der Waals surface area contributed by atoms with Gasteiger partial charge in [-0.05, 0) is 12.1 Å². The van der Waals surface area contributed by atoms with Crippen LogP contribution in [0.1, 0.15) is 6.42 Å². The van der Waals surface area contributed by atoms with Gasteiger partial charge in [-0.1, -0.05) is 18.2 Å². The van der Waals surface area contributed by atoms with E-state index in [4.69, 9.17) is 14.6 Å². The van der Waals surface area contributed by atoms with E-state index in [9.17, 15) is 9.59 Å². The molecule has 5 nitrogen and oxygen atoms in total. The maximum atomic E-state index is 10.8. The van der Waals surface area contributed by atoms with Crippen LogP contribution in [-0.2, 0) is 14.3 Å². The van der Waals surface area contributed by atoms with E-state index < -0.39 is 12.3 Å². The first kappa shape index (κ1) is 12.2. The number of carbonyl (C=O) groups excluding carboxylic acids is 1. The van der Waals surface area contributed by atoms with Crippen LogP contribution in [0.4, 0.5) is 0 Å². The van der Waals surface area contributed by atoms with Crippen molar-refractivity contribution >= 4 is 12.3 Å². The molecule has 0 saturated heterocycles. The number of hydrogen-bond acceptors (Lipinski definition) is 4. The largest absolute Gasteiger partial charge is 0.477 e. The molecule has 86 valence electrons. The molecule has 0 fully saturated rings. The highest BCUT2D eigenvalue weighted by Gasteiger charge is 2.19. The predicted octanol–water partition coefficient (Wildman–Crippen LogP) is 1.08. The van der Waals surface area contributed by atoms with Crippen molar-refractivity contribution < 1.29 is 24.2 Å². The van der Waals surface area contributed by atoms with Crippen molar-refractivity contribution in [2.75, 3.05) is 6.61 Å². The van der Waals surface area contributed by atoms with E-state index >= 15 is 0 Å². The van der Waals surface area contributed by atoms with E-state index in [0.29, 0.717) is 12.0 Å². The minimum atomic E-state index is -1.39. The summed E-state index contributed by atoms with van der Waals surface area (Å²) < 4.78 is 9.98. The zero-order chi connectivity index (χ0) is 11.8. The number of aldehydes is 1. The van der Waals surface area contributed by atoms with Crippen molar-refractivity contribution in [3.8, 4) is 5.75 Å². The number of benzene rings is 1. The molecule has 0 aromatic heterocycles. The molecule has 0 bridgehead atoms. The molecule has 0 amide bonds. The highest BCUT2D eigenvalue weighted by Crippen LogP contribution is 2.11. The monoisotopic (exact) mass is 224 g/mol. The molecule has 5 heteroatoms. The van der Waals surface area contributed by atoms with Crippen molar-refractivity contribution in [3.05, 3.63) is 30.3 Å². The first-order valence-electron chi connectivity index (χ1n) is 4.74. The lowest BCUT2D eigenvalue weighted by Gasteiger charge is -2.14. The molecule has 1 aromatic rings. The molecule has 0 aliphatic heterocycles. The van der Waals surface area contributed by atoms with Gasteiger partial charge in [0.05, 0.1) is 6.61 Å². The lowest BCUT2D eigenvalue weighted by molar-refractivity contribution is -0.171. The van der Waals surface area contributed by atoms with Gasteiger partial charge in [-0.3, -0.25) is 0 Å². The minimum absolute atomic E-state index is 0.0211. The van der Waals surface area contributed by atoms with Gasteiger partial charge < -0.3 is 19.4 Å². The van der Waals surface area contributed by atoms with Crippen molar-refractivity contribution in [3.63, 3.8) is 0 Å². The van der Waals surface area contributed by atoms with Gasteiger partial charge in [-0.15, -0.1) is 0 Å². The summed E-state index contributed by atoms with van der Waals surface area (Å²) in [6, 6.07) is 8.48. The summed E-state index contributed by atoms with van der Waals surface area (Å²) in [5.41, 5.74) is 0. The van der Waals surface area contributed by atoms with Crippen LogP contribution in [0.25, 0.3) is 0 Å². The van der Waals surface area contributed by atoms with E-state index in [1.165, 1.54) is 0 Å². The number of aliphatic carboxylic acids is 1. The Morgan fingerprint density at radius 3 is 2.62 bits per heavy atom. The first-order chi connectivity index (χ1) is 7.74. The third-order valence-corrected chi connectivity index (χ3v) is 1.69. The fraction of sp³-hybridized carbons (Fsp3) is 0.273. The maximum absolute atomic E-state index is 10.8. The van der Waals surface area contributed by atoms with Gasteiger partial charge in [0.1, 0.15) is 12.0 Å². The van der Waals surface area contributed by atoms with Crippen LogP contribution in [0, 0.1) is 0 Å². The highest BCUT2D eigenvalue weighted by atomic mass is 16.7. The fourth-order valence-corrected chi connectivity index (χ4v) is 1.00. The molecular formula is C11H12O5. The molecule has 1 atom stereocenters. The van der Waals surface area contributed by atoms with Crippen LogP contribution in [0.15, 0.2) is 30.3 Å². The van der Waals surface area contributed by atoms with Crippen molar-refractivity contribution in [1.29, 1.82) is 0 Å². The van der Waals surface area contributed by atoms with E-state index in [0.717, 1.165) is 0 Å². The van der Waals surface area contributed by atoms with Gasteiger partial charge in [-0.25, -0.2) is 4.79 Å². The Labute approximate surface area is 92.6 Å². The Morgan fingerprint density at radius 1 is 1.38 bits per heavy atom. The van der Waals surface area contributed by atoms with Gasteiger partial charge in [0.15, 0.2) is 0 Å². The Hall–Kier alpha value is -1.88. The van der Waals surface area contributed by atoms with E-state index in [-0.39, 0.29) is 13.0 Å². The van der Waals surface area contributed by atoms with Crippen LogP contribution < -0.4 is 4.74 Å². The SMILES string of the molecule is O=CCCOC(Oc1ccccc1)C(=O)O. The molecule has 1 aromatic carbocycles. The minimum Gasteiger partial charge on any atom is -0.477 e. The second kappa shape index (κ2) is 6.58. The zero-order valence-corrected chi connectivity index (χ0v) is 8.54. The Morgan fingerprint density at radius 2 is 2.06 bits per heavy atom. The summed E-state index contributed by atoms with van der Waals surface area (Å²) in [4.78, 5) is 20.8. The van der Waals surface area contributed by atoms with Crippen LogP contribution >= 0.6 is 0 Å². The molecule has 1 N–H and O–H groups in total. The van der Waals surface area contributed by atoms with Crippen molar-refractivity contribution in [2.24, 2.45) is 0 Å². The number of rotatable bonds is 7. The summed E-state index contributed by atoms with van der Waals surface area (Å²) in [5.74, 6) is -0.823. The number of carbonyl (C=O) groups is 2. The Balaban J connectivity index is 2.51. The molecule has 0 aliphatic carbocycles. The van der Waals surface area contributed by atoms with Gasteiger partial charge >= 0.3 is 5.97 Å². The summed E-state index contributed by atoms with van der Waals surface area (Å²) >= 11 is 0. The quantitative estimate of drug-likeness (QED) is 0.426. The van der Waals surface area contributed by atoms with Crippen LogP contribution in [0.3, 0.4) is 0 Å². The average molecular weight is 224 g/mol. The molecule has 0 saturated carbocycles. The standard InChI is InChI=1S/C11H12O5/c12-7-4-8-15-11(10(13)14)16-9-5-2-1-3-6-9/h1-3,5-7,11H,4,8H2,(H,13,14). The van der Waals surface area contributed by atoms with E-state index in [1.807, 2.05) is 0 Å². The second-order valence-electron chi connectivity index (χ2n) is 2.93. The molecule has 1 rings (SSSR count). The third-order valence-electron chi connectivity index (χ3n) is 1.69. The maximum Gasteiger partial charge on any atom is 0.373 e. The van der Waals surface area contributed by atoms with Gasteiger partial charge in [0, 0.05) is 6.42 Å². The summed E-state index contributed by atoms with van der Waals surface area (Å²) in [6.07, 6.45) is -0.592. The summed E-state index contributed by atoms with van der Waals surface area (Å²) in [7, 11) is 0. The molecule has 1 unspecified atom stereocenters. The van der Waals surface area contributed by atoms with Crippen LogP contribution in [0.2, 0.25) is 0 Å². The van der Waals surface area contributed by atoms with Crippen LogP contribution in [0.5, 0.6) is 5.75 Å². The Bertz CT molecular complexity index is 335. The van der Waals surface area contributed by atoms with E-state index in [1.54, 1.807) is 30.3 Å². The first-order valence-corrected chi connectivity index (χ1v) is 4.74. The number of carboxylic acid groups (broad SMARTS) is 1. The molecule has 0 heterocycles. The molecule has 16 heavy (non-hydrogen) atoms. The number of para-hydroxylation sites is 1. The van der Waals surface area contributed by atoms with Gasteiger partial charge in [-0.2, -0.15) is 0 Å². The second-order valence-corrected chi connectivity index (χ2v) is 2.93. The van der Waals surface area contributed by atoms with Crippen molar-refractivity contribution in [1.82, 2.24) is 0 Å². The molecule has 0 radical (unpaired) electrons. The summed E-state index contributed by atoms with van der Waals surface area (Å²) in [5, 5.41) is 8.80. The average Bonchev–Trinajstić information content (AvgIpc) is 2.29. The Kier molecular flexibility index (Phi) is 5.01. The van der Waals surface area contributed by atoms with Crippen LogP contribution in [-0.4, -0.2) is 30.3 Å². The van der Waals surface area contributed by atoms with Gasteiger partial charge in [0.25, 0.3) is 6.29 Å². The predicted molar refractivity (Wildman–Crippen MR) is 55.1 cm³/mol. The zero-order valence-electron chi connectivity index (χ0n) is 8.54. The number of carboxylic acids is 1. The molecule has 0 aliphatic rings. The summed E-state index contributed by atoms with van der Waals surface area (Å²) in [6.45, 7) is 0.0211. The molecule has 0 spiro atoms. The number of hydrogen-bond donors (Lipinski definition) is 1. The van der Waals surface area contributed by atoms with Gasteiger partial charge in [0.2, 0.25) is 0 Å².